The van der Waals surface area contributed by atoms with Gasteiger partial charge in [0, 0.05) is 37.3 Å². The van der Waals surface area contributed by atoms with Crippen LogP contribution in [-0.4, -0.2) is 62.7 Å². The molecule has 4 aromatic rings. The molecular weight excluding hydrogens is 483 g/mol. The van der Waals surface area contributed by atoms with Crippen LogP contribution in [0.1, 0.15) is 37.7 Å². The summed E-state index contributed by atoms with van der Waals surface area (Å²) in [5, 5.41) is 11.0. The molecule has 186 valence electrons. The quantitative estimate of drug-likeness (QED) is 0.426. The zero-order valence-electron chi connectivity index (χ0n) is 18.9. The van der Waals surface area contributed by atoms with Gasteiger partial charge in [0.05, 0.1) is 23.0 Å². The molecule has 1 fully saturated rings. The monoisotopic (exact) mass is 507 g/mol. The molecule has 1 aliphatic heterocycles. The maximum atomic E-state index is 13.3. The molecular formula is C23H24F3N5O3S. The molecule has 1 unspecified atom stereocenters. The predicted molar refractivity (Wildman–Crippen MR) is 123 cm³/mol. The van der Waals surface area contributed by atoms with Gasteiger partial charge < -0.3 is 14.6 Å². The van der Waals surface area contributed by atoms with E-state index in [-0.39, 0.29) is 23.1 Å². The second-order valence-electron chi connectivity index (χ2n) is 8.78. The van der Waals surface area contributed by atoms with Crippen LogP contribution in [0.5, 0.6) is 0 Å². The standard InChI is InChI=1S/C23H24F3N5O3S/c1-15(32)21-28-19-13-27-22-18(8-11-30(22)35(33,34)17-5-3-2-4-6-17)20(19)31(21)16-7-10-29(14-16)12-9-23(24,25)26/h2-6,8,11,13,15-16,32H,7,9-10,12,14H2,1H3/t15?,16-/m0/s1. The molecule has 2 atom stereocenters. The number of aliphatic hydroxyl groups excluding tert-OH is 1. The Morgan fingerprint density at radius 1 is 1.20 bits per heavy atom. The first kappa shape index (κ1) is 23.8. The molecule has 4 heterocycles. The number of pyridine rings is 1. The number of aromatic nitrogens is 4. The topological polar surface area (TPSA) is 93.3 Å². The van der Waals surface area contributed by atoms with Gasteiger partial charge in [-0.2, -0.15) is 13.2 Å². The molecule has 8 nitrogen and oxygen atoms in total. The number of fused-ring (bicyclic) bond motifs is 3. The normalized spacial score (nSPS) is 18.6. The molecule has 0 spiro atoms. The van der Waals surface area contributed by atoms with E-state index in [0.717, 1.165) is 3.97 Å². The Bertz CT molecular complexity index is 1480. The summed E-state index contributed by atoms with van der Waals surface area (Å²) in [7, 11) is -3.90. The van der Waals surface area contributed by atoms with Crippen molar-refractivity contribution in [2.75, 3.05) is 19.6 Å². The number of nitrogens with zero attached hydrogens (tertiary/aromatic N) is 5. The molecule has 12 heteroatoms. The van der Waals surface area contributed by atoms with Crippen molar-refractivity contribution in [2.45, 2.75) is 43.0 Å². The number of likely N-dealkylation sites (tertiary alicyclic amines) is 1. The van der Waals surface area contributed by atoms with Crippen LogP contribution in [-0.2, 0) is 10.0 Å². The van der Waals surface area contributed by atoms with E-state index in [1.165, 1.54) is 24.5 Å². The summed E-state index contributed by atoms with van der Waals surface area (Å²) in [6.45, 7) is 2.33. The molecule has 1 saturated heterocycles. The first-order chi connectivity index (χ1) is 16.6. The van der Waals surface area contributed by atoms with Crippen LogP contribution in [0.3, 0.4) is 0 Å². The van der Waals surface area contributed by atoms with Gasteiger partial charge in [-0.1, -0.05) is 18.2 Å². The van der Waals surface area contributed by atoms with Crippen molar-refractivity contribution in [2.24, 2.45) is 0 Å². The van der Waals surface area contributed by atoms with Gasteiger partial charge in [0.2, 0.25) is 0 Å². The second-order valence-corrected chi connectivity index (χ2v) is 10.6. The molecule has 1 aliphatic rings. The minimum Gasteiger partial charge on any atom is -0.385 e. The minimum absolute atomic E-state index is 0.0979. The number of benzene rings is 1. The zero-order chi connectivity index (χ0) is 25.0. The van der Waals surface area contributed by atoms with Gasteiger partial charge in [-0.25, -0.2) is 22.4 Å². The fourth-order valence-electron chi connectivity index (χ4n) is 4.74. The third kappa shape index (κ3) is 4.30. The Labute approximate surface area is 199 Å². The van der Waals surface area contributed by atoms with Crippen LogP contribution in [0.4, 0.5) is 13.2 Å². The third-order valence-corrected chi connectivity index (χ3v) is 8.03. The van der Waals surface area contributed by atoms with E-state index in [1.807, 2.05) is 4.57 Å². The summed E-state index contributed by atoms with van der Waals surface area (Å²) in [4.78, 5) is 10.8. The number of rotatable bonds is 6. The summed E-state index contributed by atoms with van der Waals surface area (Å²) in [6, 6.07) is 9.43. The molecule has 0 saturated carbocycles. The molecule has 1 N–H and O–H groups in total. The highest BCUT2D eigenvalue weighted by molar-refractivity contribution is 7.90. The number of halogens is 3. The fourth-order valence-corrected chi connectivity index (χ4v) is 6.06. The minimum atomic E-state index is -4.23. The van der Waals surface area contributed by atoms with Gasteiger partial charge in [-0.15, -0.1) is 0 Å². The van der Waals surface area contributed by atoms with E-state index in [1.54, 1.807) is 36.1 Å². The van der Waals surface area contributed by atoms with Gasteiger partial charge in [-0.3, -0.25) is 0 Å². The fraction of sp³-hybridized carbons (Fsp3) is 0.391. The average molecular weight is 508 g/mol. The molecule has 0 amide bonds. The van der Waals surface area contributed by atoms with Crippen LogP contribution in [0.25, 0.3) is 22.1 Å². The molecule has 0 bridgehead atoms. The highest BCUT2D eigenvalue weighted by Gasteiger charge is 2.33. The summed E-state index contributed by atoms with van der Waals surface area (Å²) in [6.07, 6.45) is -2.57. The number of hydrogen-bond donors (Lipinski definition) is 1. The lowest BCUT2D eigenvalue weighted by atomic mass is 10.2. The lowest BCUT2D eigenvalue weighted by molar-refractivity contribution is -0.137. The van der Waals surface area contributed by atoms with Gasteiger partial charge in [0.25, 0.3) is 10.0 Å². The Kier molecular flexibility index (Phi) is 5.85. The van der Waals surface area contributed by atoms with E-state index in [4.69, 9.17) is 0 Å². The Morgan fingerprint density at radius 2 is 1.94 bits per heavy atom. The van der Waals surface area contributed by atoms with Gasteiger partial charge in [0.1, 0.15) is 17.4 Å². The number of aliphatic hydroxyl groups is 1. The molecule has 5 rings (SSSR count). The third-order valence-electron chi connectivity index (χ3n) is 6.35. The van der Waals surface area contributed by atoms with Crippen LogP contribution < -0.4 is 0 Å². The molecule has 0 aliphatic carbocycles. The summed E-state index contributed by atoms with van der Waals surface area (Å²) >= 11 is 0. The molecule has 0 radical (unpaired) electrons. The maximum Gasteiger partial charge on any atom is 0.390 e. The maximum absolute atomic E-state index is 13.3. The highest BCUT2D eigenvalue weighted by atomic mass is 32.2. The lowest BCUT2D eigenvalue weighted by Gasteiger charge is -2.20. The number of hydrogen-bond acceptors (Lipinski definition) is 6. The van der Waals surface area contributed by atoms with Crippen molar-refractivity contribution in [3.63, 3.8) is 0 Å². The summed E-state index contributed by atoms with van der Waals surface area (Å²) in [5.74, 6) is 0.371. The Hall–Kier alpha value is -2.96. The van der Waals surface area contributed by atoms with Gasteiger partial charge in [-0.05, 0) is 31.5 Å². The first-order valence-electron chi connectivity index (χ1n) is 11.2. The SMILES string of the molecule is CC(O)c1nc2cnc3c(ccn3S(=O)(=O)c3ccccc3)c2n1[C@H]1CCN(CCC(F)(F)F)C1. The number of imidazole rings is 1. The van der Waals surface area contributed by atoms with E-state index in [0.29, 0.717) is 41.8 Å². The Morgan fingerprint density at radius 3 is 2.63 bits per heavy atom. The van der Waals surface area contributed by atoms with Crippen molar-refractivity contribution in [1.29, 1.82) is 0 Å². The lowest BCUT2D eigenvalue weighted by Crippen LogP contribution is -2.27. The van der Waals surface area contributed by atoms with Crippen LogP contribution in [0.15, 0.2) is 53.7 Å². The zero-order valence-corrected chi connectivity index (χ0v) is 19.7. The van der Waals surface area contributed by atoms with Crippen molar-refractivity contribution >= 4 is 32.1 Å². The first-order valence-corrected chi connectivity index (χ1v) is 12.7. The summed E-state index contributed by atoms with van der Waals surface area (Å²) < 4.78 is 67.6. The highest BCUT2D eigenvalue weighted by Crippen LogP contribution is 2.35. The van der Waals surface area contributed by atoms with Gasteiger partial charge in [0.15, 0.2) is 5.65 Å². The molecule has 1 aromatic carbocycles. The van der Waals surface area contributed by atoms with E-state index in [2.05, 4.69) is 9.97 Å². The van der Waals surface area contributed by atoms with E-state index < -0.39 is 28.7 Å². The molecule has 3 aromatic heterocycles. The van der Waals surface area contributed by atoms with Crippen molar-refractivity contribution < 1.29 is 26.7 Å². The largest absolute Gasteiger partial charge is 0.390 e. The van der Waals surface area contributed by atoms with Crippen molar-refractivity contribution in [3.05, 3.63) is 54.6 Å². The van der Waals surface area contributed by atoms with Crippen molar-refractivity contribution in [1.82, 2.24) is 23.4 Å². The van der Waals surface area contributed by atoms with Crippen LogP contribution in [0.2, 0.25) is 0 Å². The van der Waals surface area contributed by atoms with Crippen molar-refractivity contribution in [3.8, 4) is 0 Å². The summed E-state index contributed by atoms with van der Waals surface area (Å²) in [5.41, 5.74) is 1.30. The predicted octanol–water partition coefficient (Wildman–Crippen LogP) is 3.88. The second kappa shape index (κ2) is 8.61. The smallest absolute Gasteiger partial charge is 0.385 e. The van der Waals surface area contributed by atoms with Crippen LogP contribution >= 0.6 is 0 Å². The average Bonchev–Trinajstić information content (AvgIpc) is 3.53. The van der Waals surface area contributed by atoms with E-state index >= 15 is 0 Å². The van der Waals surface area contributed by atoms with Gasteiger partial charge >= 0.3 is 6.18 Å². The van der Waals surface area contributed by atoms with Crippen LogP contribution in [0, 0.1) is 0 Å². The van der Waals surface area contributed by atoms with E-state index in [9.17, 15) is 26.7 Å². The number of alkyl halides is 3. The molecule has 35 heavy (non-hydrogen) atoms. The Balaban J connectivity index is 1.61.